The van der Waals surface area contributed by atoms with Crippen molar-refractivity contribution in [1.29, 1.82) is 0 Å². The van der Waals surface area contributed by atoms with Gasteiger partial charge in [0, 0.05) is 43.4 Å². The third kappa shape index (κ3) is 5.87. The lowest BCUT2D eigenvalue weighted by Gasteiger charge is -2.37. The Bertz CT molecular complexity index is 974. The van der Waals surface area contributed by atoms with Crippen LogP contribution in [0.1, 0.15) is 35.8 Å². The fraction of sp³-hybridized carbons (Fsp3) is 0.417. The van der Waals surface area contributed by atoms with E-state index in [4.69, 9.17) is 14.2 Å². The minimum absolute atomic E-state index is 0.216. The summed E-state index contributed by atoms with van der Waals surface area (Å²) in [5.74, 6) is 0.967. The second-order valence-corrected chi connectivity index (χ2v) is 8.05. The Labute approximate surface area is 192 Å². The number of aromatic nitrogens is 1. The molecular weight excluding hydrogens is 426 g/mol. The van der Waals surface area contributed by atoms with Gasteiger partial charge in [0.2, 0.25) is 18.2 Å². The second kappa shape index (κ2) is 10.9. The SMILES string of the molecule is O=CN1CC(c2cnccc2OCCOCCOc2ccc(C3CCC(=O)NC3=O)cc2)C1. The van der Waals surface area contributed by atoms with E-state index in [9.17, 15) is 14.4 Å². The molecule has 1 aromatic heterocycles. The molecular formula is C24H27N3O6. The van der Waals surface area contributed by atoms with Crippen LogP contribution in [0.2, 0.25) is 0 Å². The average molecular weight is 453 g/mol. The number of amides is 3. The van der Waals surface area contributed by atoms with Crippen molar-refractivity contribution in [3.8, 4) is 11.5 Å². The standard InChI is InChI=1S/C24H27N3O6/c28-16-27-14-18(15-27)21-13-25-8-7-22(21)33-12-10-31-9-11-32-19-3-1-17(2-4-19)20-5-6-23(29)26-24(20)30/h1-4,7-8,13,16,18,20H,5-6,9-12,14-15H2,(H,26,29,30). The number of hydrogen-bond acceptors (Lipinski definition) is 7. The number of likely N-dealkylation sites (tertiary alicyclic amines) is 1. The Balaban J connectivity index is 1.12. The van der Waals surface area contributed by atoms with Crippen LogP contribution in [-0.4, -0.2) is 67.6 Å². The quantitative estimate of drug-likeness (QED) is 0.313. The van der Waals surface area contributed by atoms with Crippen LogP contribution in [-0.2, 0) is 19.1 Å². The predicted molar refractivity (Wildman–Crippen MR) is 118 cm³/mol. The maximum absolute atomic E-state index is 12.0. The van der Waals surface area contributed by atoms with Crippen LogP contribution in [0.15, 0.2) is 42.7 Å². The van der Waals surface area contributed by atoms with Crippen LogP contribution >= 0.6 is 0 Å². The lowest BCUT2D eigenvalue weighted by Crippen LogP contribution is -2.43. The highest BCUT2D eigenvalue weighted by Gasteiger charge is 2.29. The summed E-state index contributed by atoms with van der Waals surface area (Å²) in [7, 11) is 0. The molecule has 3 amide bonds. The van der Waals surface area contributed by atoms with Crippen LogP contribution in [0, 0.1) is 0 Å². The van der Waals surface area contributed by atoms with Crippen LogP contribution in [0.5, 0.6) is 11.5 Å². The molecule has 33 heavy (non-hydrogen) atoms. The molecule has 2 aliphatic heterocycles. The van der Waals surface area contributed by atoms with E-state index in [1.54, 1.807) is 17.3 Å². The Morgan fingerprint density at radius 2 is 1.79 bits per heavy atom. The maximum atomic E-state index is 12.0. The highest BCUT2D eigenvalue weighted by molar-refractivity contribution is 6.00. The number of piperidine rings is 1. The first-order chi connectivity index (χ1) is 16.1. The van der Waals surface area contributed by atoms with Gasteiger partial charge in [-0.05, 0) is 30.2 Å². The number of benzene rings is 1. The van der Waals surface area contributed by atoms with Gasteiger partial charge >= 0.3 is 0 Å². The summed E-state index contributed by atoms with van der Waals surface area (Å²) in [5, 5.41) is 2.38. The molecule has 0 aliphatic carbocycles. The van der Waals surface area contributed by atoms with E-state index in [0.29, 0.717) is 58.1 Å². The zero-order valence-electron chi connectivity index (χ0n) is 18.3. The number of nitrogens with one attached hydrogen (secondary N) is 1. The Morgan fingerprint density at radius 1 is 1.03 bits per heavy atom. The largest absolute Gasteiger partial charge is 0.491 e. The van der Waals surface area contributed by atoms with Gasteiger partial charge in [0.15, 0.2) is 0 Å². The van der Waals surface area contributed by atoms with Gasteiger partial charge < -0.3 is 19.1 Å². The van der Waals surface area contributed by atoms with E-state index in [1.165, 1.54) is 0 Å². The van der Waals surface area contributed by atoms with Crippen molar-refractivity contribution in [3.63, 3.8) is 0 Å². The Kier molecular flexibility index (Phi) is 7.51. The van der Waals surface area contributed by atoms with E-state index in [-0.39, 0.29) is 23.7 Å². The monoisotopic (exact) mass is 453 g/mol. The van der Waals surface area contributed by atoms with Crippen LogP contribution in [0.4, 0.5) is 0 Å². The first kappa shape index (κ1) is 22.7. The molecule has 0 radical (unpaired) electrons. The van der Waals surface area contributed by atoms with Crippen LogP contribution in [0.3, 0.4) is 0 Å². The van der Waals surface area contributed by atoms with Gasteiger partial charge in [0.1, 0.15) is 24.7 Å². The molecule has 9 nitrogen and oxygen atoms in total. The van der Waals surface area contributed by atoms with Crippen LogP contribution in [0.25, 0.3) is 0 Å². The smallest absolute Gasteiger partial charge is 0.234 e. The van der Waals surface area contributed by atoms with Gasteiger partial charge in [0.25, 0.3) is 0 Å². The molecule has 1 unspecified atom stereocenters. The molecule has 0 spiro atoms. The molecule has 4 rings (SSSR count). The number of nitrogens with zero attached hydrogens (tertiary/aromatic N) is 2. The van der Waals surface area contributed by atoms with Gasteiger partial charge in [-0.3, -0.25) is 24.7 Å². The van der Waals surface area contributed by atoms with Gasteiger partial charge in [-0.1, -0.05) is 12.1 Å². The number of rotatable bonds is 11. The van der Waals surface area contributed by atoms with E-state index in [1.807, 2.05) is 30.3 Å². The molecule has 3 heterocycles. The van der Waals surface area contributed by atoms with Crippen molar-refractivity contribution in [2.24, 2.45) is 0 Å². The second-order valence-electron chi connectivity index (χ2n) is 8.05. The summed E-state index contributed by atoms with van der Waals surface area (Å²) in [5.41, 5.74) is 1.89. The summed E-state index contributed by atoms with van der Waals surface area (Å²) in [6.45, 7) is 3.01. The summed E-state index contributed by atoms with van der Waals surface area (Å²) in [6.07, 6.45) is 5.23. The molecule has 0 bridgehead atoms. The fourth-order valence-corrected chi connectivity index (χ4v) is 3.97. The number of hydrogen-bond donors (Lipinski definition) is 1. The molecule has 174 valence electrons. The highest BCUT2D eigenvalue weighted by Crippen LogP contribution is 2.32. The number of carbonyl (C=O) groups is 3. The van der Waals surface area contributed by atoms with E-state index in [2.05, 4.69) is 10.3 Å². The molecule has 2 fully saturated rings. The molecule has 2 aromatic rings. The number of imide groups is 1. The minimum atomic E-state index is -0.297. The normalized spacial score (nSPS) is 18.4. The number of ether oxygens (including phenoxy) is 3. The van der Waals surface area contributed by atoms with Crippen molar-refractivity contribution in [1.82, 2.24) is 15.2 Å². The fourth-order valence-electron chi connectivity index (χ4n) is 3.97. The molecule has 9 heteroatoms. The summed E-state index contributed by atoms with van der Waals surface area (Å²) in [4.78, 5) is 39.9. The first-order valence-corrected chi connectivity index (χ1v) is 11.0. The van der Waals surface area contributed by atoms with E-state index >= 15 is 0 Å². The molecule has 1 N–H and O–H groups in total. The van der Waals surface area contributed by atoms with Gasteiger partial charge in [0.05, 0.1) is 19.1 Å². The lowest BCUT2D eigenvalue weighted by molar-refractivity contribution is -0.134. The lowest BCUT2D eigenvalue weighted by atomic mass is 9.90. The number of carbonyl (C=O) groups excluding carboxylic acids is 3. The Hall–Kier alpha value is -3.46. The molecule has 2 saturated heterocycles. The minimum Gasteiger partial charge on any atom is -0.491 e. The van der Waals surface area contributed by atoms with Gasteiger partial charge in [-0.25, -0.2) is 0 Å². The van der Waals surface area contributed by atoms with Crippen molar-refractivity contribution < 1.29 is 28.6 Å². The summed E-state index contributed by atoms with van der Waals surface area (Å²) < 4.78 is 17.1. The predicted octanol–water partition coefficient (Wildman–Crippen LogP) is 1.63. The molecule has 0 saturated carbocycles. The van der Waals surface area contributed by atoms with Crippen molar-refractivity contribution >= 4 is 18.2 Å². The molecule has 1 atom stereocenters. The van der Waals surface area contributed by atoms with Gasteiger partial charge in [-0.2, -0.15) is 0 Å². The Morgan fingerprint density at radius 3 is 2.52 bits per heavy atom. The van der Waals surface area contributed by atoms with Crippen LogP contribution < -0.4 is 14.8 Å². The van der Waals surface area contributed by atoms with E-state index in [0.717, 1.165) is 23.3 Å². The first-order valence-electron chi connectivity index (χ1n) is 11.0. The topological polar surface area (TPSA) is 107 Å². The maximum Gasteiger partial charge on any atom is 0.234 e. The van der Waals surface area contributed by atoms with Crippen molar-refractivity contribution in [2.45, 2.75) is 24.7 Å². The van der Waals surface area contributed by atoms with Crippen molar-refractivity contribution in [3.05, 3.63) is 53.9 Å². The summed E-state index contributed by atoms with van der Waals surface area (Å²) in [6, 6.07) is 9.18. The summed E-state index contributed by atoms with van der Waals surface area (Å²) >= 11 is 0. The molecule has 1 aromatic carbocycles. The zero-order valence-corrected chi connectivity index (χ0v) is 18.3. The van der Waals surface area contributed by atoms with E-state index < -0.39 is 0 Å². The third-order valence-corrected chi connectivity index (χ3v) is 5.81. The highest BCUT2D eigenvalue weighted by atomic mass is 16.5. The third-order valence-electron chi connectivity index (χ3n) is 5.81. The average Bonchev–Trinajstić information content (AvgIpc) is 2.79. The van der Waals surface area contributed by atoms with Gasteiger partial charge in [-0.15, -0.1) is 0 Å². The molecule has 2 aliphatic rings. The number of pyridine rings is 1. The van der Waals surface area contributed by atoms with Crippen molar-refractivity contribution in [2.75, 3.05) is 39.5 Å². The zero-order chi connectivity index (χ0) is 23.0.